The topological polar surface area (TPSA) is 52.0 Å². The number of benzene rings is 2. The monoisotopic (exact) mass is 394 g/mol. The van der Waals surface area contributed by atoms with E-state index < -0.39 is 16.3 Å². The molecule has 1 aromatic heterocycles. The minimum atomic E-state index is -3.32. The van der Waals surface area contributed by atoms with Crippen LogP contribution in [0.5, 0.6) is 0 Å². The van der Waals surface area contributed by atoms with Gasteiger partial charge < -0.3 is 0 Å². The van der Waals surface area contributed by atoms with Crippen LogP contribution in [0.2, 0.25) is 0 Å². The average Bonchev–Trinajstić information content (AvgIpc) is 3.07. The molecule has 1 heterocycles. The van der Waals surface area contributed by atoms with Crippen molar-refractivity contribution in [1.29, 1.82) is 0 Å². The predicted molar refractivity (Wildman–Crippen MR) is 98.8 cm³/mol. The van der Waals surface area contributed by atoms with E-state index in [-0.39, 0.29) is 10.6 Å². The average molecular weight is 394 g/mol. The largest absolute Gasteiger partial charge is 0.282 e. The molecule has 0 unspecified atom stereocenters. The standard InChI is InChI=1S/C18H16F2N2O2S2/c1-25-14-7-5-13(6-8-14)22-17(11-16(21-22)18(19)20)12-3-9-15(10-4-12)26(2,23)24/h3-11,18H,1-2H3. The van der Waals surface area contributed by atoms with Crippen LogP contribution in [-0.4, -0.2) is 30.7 Å². The predicted octanol–water partition coefficient (Wildman–Crippen LogP) is 4.60. The molecular weight excluding hydrogens is 378 g/mol. The molecule has 2 aromatic carbocycles. The van der Waals surface area contributed by atoms with Crippen molar-refractivity contribution in [3.8, 4) is 16.9 Å². The summed E-state index contributed by atoms with van der Waals surface area (Å²) in [5.41, 5.74) is 1.39. The van der Waals surface area contributed by atoms with Crippen molar-refractivity contribution in [2.24, 2.45) is 0 Å². The van der Waals surface area contributed by atoms with Crippen LogP contribution >= 0.6 is 11.8 Å². The molecule has 0 atom stereocenters. The van der Waals surface area contributed by atoms with E-state index in [0.717, 1.165) is 11.2 Å². The molecule has 3 rings (SSSR count). The van der Waals surface area contributed by atoms with Crippen LogP contribution < -0.4 is 0 Å². The van der Waals surface area contributed by atoms with Crippen molar-refractivity contribution in [3.63, 3.8) is 0 Å². The van der Waals surface area contributed by atoms with E-state index in [2.05, 4.69) is 5.10 Å². The fourth-order valence-electron chi connectivity index (χ4n) is 2.50. The second-order valence-corrected chi connectivity index (χ2v) is 8.56. The van der Waals surface area contributed by atoms with Crippen LogP contribution in [0.3, 0.4) is 0 Å². The summed E-state index contributed by atoms with van der Waals surface area (Å²) in [6.45, 7) is 0. The maximum absolute atomic E-state index is 13.2. The van der Waals surface area contributed by atoms with Crippen molar-refractivity contribution in [2.75, 3.05) is 12.5 Å². The number of thioether (sulfide) groups is 1. The van der Waals surface area contributed by atoms with Crippen molar-refractivity contribution < 1.29 is 17.2 Å². The number of nitrogens with zero attached hydrogens (tertiary/aromatic N) is 2. The van der Waals surface area contributed by atoms with Gasteiger partial charge in [0, 0.05) is 16.7 Å². The van der Waals surface area contributed by atoms with E-state index in [0.29, 0.717) is 16.9 Å². The van der Waals surface area contributed by atoms with Gasteiger partial charge in [0.2, 0.25) is 0 Å². The van der Waals surface area contributed by atoms with Gasteiger partial charge in [0.15, 0.2) is 9.84 Å². The highest BCUT2D eigenvalue weighted by atomic mass is 32.2. The molecule has 0 aliphatic heterocycles. The number of halogens is 2. The Labute approximate surface area is 154 Å². The number of rotatable bonds is 5. The summed E-state index contributed by atoms with van der Waals surface area (Å²) in [5.74, 6) is 0. The number of sulfone groups is 1. The SMILES string of the molecule is CSc1ccc(-n2nc(C(F)F)cc2-c2ccc(S(C)(=O)=O)cc2)cc1. The zero-order valence-corrected chi connectivity index (χ0v) is 15.7. The number of alkyl halides is 2. The zero-order chi connectivity index (χ0) is 18.9. The molecule has 3 aromatic rings. The molecule has 0 aliphatic rings. The van der Waals surface area contributed by atoms with Gasteiger partial charge in [0.1, 0.15) is 5.69 Å². The van der Waals surface area contributed by atoms with Gasteiger partial charge in [-0.25, -0.2) is 21.9 Å². The molecule has 0 saturated heterocycles. The highest BCUT2D eigenvalue weighted by Crippen LogP contribution is 2.29. The molecule has 0 N–H and O–H groups in total. The molecular formula is C18H16F2N2O2S2. The van der Waals surface area contributed by atoms with Gasteiger partial charge >= 0.3 is 0 Å². The minimum absolute atomic E-state index is 0.172. The smallest absolute Gasteiger partial charge is 0.233 e. The maximum atomic E-state index is 13.2. The lowest BCUT2D eigenvalue weighted by Gasteiger charge is -2.09. The van der Waals surface area contributed by atoms with Gasteiger partial charge in [-0.2, -0.15) is 5.10 Å². The lowest BCUT2D eigenvalue weighted by Crippen LogP contribution is -2.00. The summed E-state index contributed by atoms with van der Waals surface area (Å²) in [7, 11) is -3.32. The first-order valence-electron chi connectivity index (χ1n) is 7.62. The summed E-state index contributed by atoms with van der Waals surface area (Å²) in [4.78, 5) is 1.22. The number of aromatic nitrogens is 2. The lowest BCUT2D eigenvalue weighted by atomic mass is 10.1. The Morgan fingerprint density at radius 3 is 2.15 bits per heavy atom. The first-order chi connectivity index (χ1) is 12.3. The third-order valence-electron chi connectivity index (χ3n) is 3.85. The minimum Gasteiger partial charge on any atom is -0.233 e. The fraction of sp³-hybridized carbons (Fsp3) is 0.167. The van der Waals surface area contributed by atoms with E-state index in [9.17, 15) is 17.2 Å². The van der Waals surface area contributed by atoms with E-state index in [4.69, 9.17) is 0 Å². The van der Waals surface area contributed by atoms with Crippen LogP contribution in [0.15, 0.2) is 64.4 Å². The normalized spacial score (nSPS) is 11.9. The van der Waals surface area contributed by atoms with Gasteiger partial charge in [-0.3, -0.25) is 0 Å². The zero-order valence-electron chi connectivity index (χ0n) is 14.1. The van der Waals surface area contributed by atoms with Crippen LogP contribution in [0.1, 0.15) is 12.1 Å². The third-order valence-corrected chi connectivity index (χ3v) is 5.72. The summed E-state index contributed by atoms with van der Waals surface area (Å²) >= 11 is 1.58. The molecule has 26 heavy (non-hydrogen) atoms. The van der Waals surface area contributed by atoms with Gasteiger partial charge in [0.25, 0.3) is 6.43 Å². The number of hydrogen-bond acceptors (Lipinski definition) is 4. The van der Waals surface area contributed by atoms with E-state index >= 15 is 0 Å². The van der Waals surface area contributed by atoms with Crippen molar-refractivity contribution in [2.45, 2.75) is 16.2 Å². The van der Waals surface area contributed by atoms with Crippen LogP contribution in [0, 0.1) is 0 Å². The van der Waals surface area contributed by atoms with Crippen molar-refractivity contribution >= 4 is 21.6 Å². The Balaban J connectivity index is 2.10. The second-order valence-electron chi connectivity index (χ2n) is 5.66. The Bertz CT molecular complexity index is 1010. The molecule has 0 radical (unpaired) electrons. The Morgan fingerprint density at radius 2 is 1.65 bits per heavy atom. The van der Waals surface area contributed by atoms with Gasteiger partial charge in [-0.1, -0.05) is 12.1 Å². The summed E-state index contributed by atoms with van der Waals surface area (Å²) in [6, 6.07) is 14.8. The van der Waals surface area contributed by atoms with E-state index in [1.807, 2.05) is 30.5 Å². The molecule has 136 valence electrons. The first kappa shape index (κ1) is 18.6. The molecule has 0 fully saturated rings. The Morgan fingerprint density at radius 1 is 1.04 bits per heavy atom. The molecule has 4 nitrogen and oxygen atoms in total. The quantitative estimate of drug-likeness (QED) is 0.594. The van der Waals surface area contributed by atoms with Crippen molar-refractivity contribution in [1.82, 2.24) is 9.78 Å². The van der Waals surface area contributed by atoms with Crippen LogP contribution in [0.25, 0.3) is 16.9 Å². The summed E-state index contributed by atoms with van der Waals surface area (Å²) < 4.78 is 51.0. The lowest BCUT2D eigenvalue weighted by molar-refractivity contribution is 0.145. The Hall–Kier alpha value is -2.19. The maximum Gasteiger partial charge on any atom is 0.282 e. The van der Waals surface area contributed by atoms with Crippen molar-refractivity contribution in [3.05, 3.63) is 60.3 Å². The van der Waals surface area contributed by atoms with Gasteiger partial charge in [-0.05, 0) is 48.7 Å². The molecule has 8 heteroatoms. The Kier molecular flexibility index (Phi) is 5.15. The fourth-order valence-corrected chi connectivity index (χ4v) is 3.54. The summed E-state index contributed by atoms with van der Waals surface area (Å²) in [5, 5.41) is 4.02. The molecule has 0 bridgehead atoms. The van der Waals surface area contributed by atoms with Crippen LogP contribution in [-0.2, 0) is 9.84 Å². The molecule has 0 amide bonds. The van der Waals surface area contributed by atoms with E-state index in [1.165, 1.54) is 22.9 Å². The van der Waals surface area contributed by atoms with Gasteiger partial charge in [0.05, 0.1) is 16.3 Å². The highest BCUT2D eigenvalue weighted by molar-refractivity contribution is 7.98. The van der Waals surface area contributed by atoms with Crippen LogP contribution in [0.4, 0.5) is 8.78 Å². The second kappa shape index (κ2) is 7.20. The third kappa shape index (κ3) is 3.81. The molecule has 0 aliphatic carbocycles. The highest BCUT2D eigenvalue weighted by Gasteiger charge is 2.18. The summed E-state index contributed by atoms with van der Waals surface area (Å²) in [6.07, 6.45) is 0.372. The first-order valence-corrected chi connectivity index (χ1v) is 10.7. The molecule has 0 spiro atoms. The molecule has 0 saturated carbocycles. The van der Waals surface area contributed by atoms with E-state index in [1.54, 1.807) is 23.9 Å². The number of hydrogen-bond donors (Lipinski definition) is 0. The van der Waals surface area contributed by atoms with Gasteiger partial charge in [-0.15, -0.1) is 11.8 Å².